The smallest absolute Gasteiger partial charge is 0.00363 e. The molecule has 1 aliphatic rings. The lowest BCUT2D eigenvalue weighted by atomic mass is 9.78. The molecule has 2 nitrogen and oxygen atoms in total. The van der Waals surface area contributed by atoms with Gasteiger partial charge in [0, 0.05) is 19.6 Å². The first-order valence-electron chi connectivity index (χ1n) is 11.3. The van der Waals surface area contributed by atoms with Crippen LogP contribution in [-0.2, 0) is 0 Å². The molecular formula is C23H48N2. The van der Waals surface area contributed by atoms with Gasteiger partial charge >= 0.3 is 0 Å². The van der Waals surface area contributed by atoms with Gasteiger partial charge in [-0.2, -0.15) is 0 Å². The van der Waals surface area contributed by atoms with E-state index in [1.54, 1.807) is 0 Å². The highest BCUT2D eigenvalue weighted by molar-refractivity contribution is 4.87. The summed E-state index contributed by atoms with van der Waals surface area (Å²) >= 11 is 0. The van der Waals surface area contributed by atoms with Crippen molar-refractivity contribution < 1.29 is 0 Å². The van der Waals surface area contributed by atoms with Crippen molar-refractivity contribution in [1.82, 2.24) is 9.80 Å². The van der Waals surface area contributed by atoms with Crippen LogP contribution in [0.25, 0.3) is 0 Å². The fourth-order valence-electron chi connectivity index (χ4n) is 4.47. The SMILES string of the molecule is CCCC(CC)CN(CC)CC1(C)CCN(CC(C)(CC)CC)CC1. The summed E-state index contributed by atoms with van der Waals surface area (Å²) in [4.78, 5) is 5.50. The number of hydrogen-bond acceptors (Lipinski definition) is 2. The third kappa shape index (κ3) is 7.59. The molecule has 0 N–H and O–H groups in total. The van der Waals surface area contributed by atoms with Crippen LogP contribution in [0.5, 0.6) is 0 Å². The van der Waals surface area contributed by atoms with E-state index in [1.165, 1.54) is 84.2 Å². The molecule has 1 saturated heterocycles. The molecule has 0 bridgehead atoms. The average Bonchev–Trinajstić information content (AvgIpc) is 2.62. The maximum Gasteiger partial charge on any atom is 0.00363 e. The Balaban J connectivity index is 2.51. The van der Waals surface area contributed by atoms with E-state index >= 15 is 0 Å². The van der Waals surface area contributed by atoms with E-state index < -0.39 is 0 Å². The first-order chi connectivity index (χ1) is 11.8. The Morgan fingerprint density at radius 2 is 1.64 bits per heavy atom. The topological polar surface area (TPSA) is 6.48 Å². The Morgan fingerprint density at radius 3 is 2.08 bits per heavy atom. The van der Waals surface area contributed by atoms with Gasteiger partial charge in [-0.05, 0) is 68.5 Å². The van der Waals surface area contributed by atoms with E-state index in [9.17, 15) is 0 Å². The van der Waals surface area contributed by atoms with Crippen LogP contribution in [0.2, 0.25) is 0 Å². The molecule has 150 valence electrons. The van der Waals surface area contributed by atoms with Gasteiger partial charge in [0.05, 0.1) is 0 Å². The van der Waals surface area contributed by atoms with Gasteiger partial charge in [-0.25, -0.2) is 0 Å². The van der Waals surface area contributed by atoms with Gasteiger partial charge in [0.2, 0.25) is 0 Å². The molecule has 0 aliphatic carbocycles. The van der Waals surface area contributed by atoms with Crippen molar-refractivity contribution in [2.45, 2.75) is 93.4 Å². The summed E-state index contributed by atoms with van der Waals surface area (Å²) in [6.07, 6.45) is 9.41. The van der Waals surface area contributed by atoms with Gasteiger partial charge in [0.15, 0.2) is 0 Å². The van der Waals surface area contributed by atoms with E-state index in [1.807, 2.05) is 0 Å². The zero-order valence-corrected chi connectivity index (χ0v) is 18.7. The molecule has 0 spiro atoms. The second-order valence-electron chi connectivity index (χ2n) is 9.50. The monoisotopic (exact) mass is 352 g/mol. The number of rotatable bonds is 12. The molecule has 1 atom stereocenters. The predicted octanol–water partition coefficient (Wildman–Crippen LogP) is 6.06. The Morgan fingerprint density at radius 1 is 1.04 bits per heavy atom. The molecular weight excluding hydrogens is 304 g/mol. The van der Waals surface area contributed by atoms with Crippen molar-refractivity contribution in [2.24, 2.45) is 16.7 Å². The quantitative estimate of drug-likeness (QED) is 0.421. The molecule has 1 heterocycles. The van der Waals surface area contributed by atoms with E-state index in [0.717, 1.165) is 5.92 Å². The molecule has 0 aromatic carbocycles. The molecule has 25 heavy (non-hydrogen) atoms. The molecule has 0 amide bonds. The van der Waals surface area contributed by atoms with E-state index in [2.05, 4.69) is 58.3 Å². The first-order valence-corrected chi connectivity index (χ1v) is 11.3. The lowest BCUT2D eigenvalue weighted by Crippen LogP contribution is -2.47. The second kappa shape index (κ2) is 10.9. The summed E-state index contributed by atoms with van der Waals surface area (Å²) < 4.78 is 0. The Kier molecular flexibility index (Phi) is 10.0. The summed E-state index contributed by atoms with van der Waals surface area (Å²) in [7, 11) is 0. The van der Waals surface area contributed by atoms with Crippen molar-refractivity contribution in [2.75, 3.05) is 39.3 Å². The minimum Gasteiger partial charge on any atom is -0.303 e. The van der Waals surface area contributed by atoms with Crippen LogP contribution in [0.4, 0.5) is 0 Å². The molecule has 1 rings (SSSR count). The fourth-order valence-corrected chi connectivity index (χ4v) is 4.47. The van der Waals surface area contributed by atoms with Crippen molar-refractivity contribution in [3.05, 3.63) is 0 Å². The summed E-state index contributed by atoms with van der Waals surface area (Å²) in [6, 6.07) is 0. The fraction of sp³-hybridized carbons (Fsp3) is 1.00. The van der Waals surface area contributed by atoms with Crippen LogP contribution in [0.1, 0.15) is 93.4 Å². The highest BCUT2D eigenvalue weighted by Gasteiger charge is 2.34. The van der Waals surface area contributed by atoms with Gasteiger partial charge in [-0.15, -0.1) is 0 Å². The third-order valence-corrected chi connectivity index (χ3v) is 7.22. The normalized spacial score (nSPS) is 20.2. The molecule has 0 aromatic rings. The van der Waals surface area contributed by atoms with Gasteiger partial charge in [0.25, 0.3) is 0 Å². The summed E-state index contributed by atoms with van der Waals surface area (Å²) in [5.74, 6) is 0.892. The van der Waals surface area contributed by atoms with Crippen molar-refractivity contribution in [3.63, 3.8) is 0 Å². The highest BCUT2D eigenvalue weighted by Crippen LogP contribution is 2.35. The summed E-state index contributed by atoms with van der Waals surface area (Å²) in [5.41, 5.74) is 1.03. The van der Waals surface area contributed by atoms with Crippen LogP contribution in [-0.4, -0.2) is 49.1 Å². The molecule has 0 saturated carbocycles. The Hall–Kier alpha value is -0.0800. The van der Waals surface area contributed by atoms with Crippen LogP contribution in [0.3, 0.4) is 0 Å². The highest BCUT2D eigenvalue weighted by atomic mass is 15.2. The Labute approximate surface area is 159 Å². The maximum absolute atomic E-state index is 2.75. The van der Waals surface area contributed by atoms with Gasteiger partial charge in [-0.1, -0.05) is 61.3 Å². The van der Waals surface area contributed by atoms with Gasteiger partial charge < -0.3 is 9.80 Å². The summed E-state index contributed by atoms with van der Waals surface area (Å²) in [6.45, 7) is 24.5. The number of piperidine rings is 1. The zero-order chi connectivity index (χ0) is 18.9. The van der Waals surface area contributed by atoms with Crippen LogP contribution in [0, 0.1) is 16.7 Å². The number of nitrogens with zero attached hydrogens (tertiary/aromatic N) is 2. The van der Waals surface area contributed by atoms with E-state index in [-0.39, 0.29) is 0 Å². The third-order valence-electron chi connectivity index (χ3n) is 7.22. The van der Waals surface area contributed by atoms with E-state index in [4.69, 9.17) is 0 Å². The largest absolute Gasteiger partial charge is 0.303 e. The van der Waals surface area contributed by atoms with Gasteiger partial charge in [0.1, 0.15) is 0 Å². The van der Waals surface area contributed by atoms with Crippen molar-refractivity contribution in [3.8, 4) is 0 Å². The summed E-state index contributed by atoms with van der Waals surface area (Å²) in [5, 5.41) is 0. The maximum atomic E-state index is 2.75. The molecule has 1 unspecified atom stereocenters. The molecule has 0 aromatic heterocycles. The molecule has 1 aliphatic heterocycles. The second-order valence-corrected chi connectivity index (χ2v) is 9.50. The lowest BCUT2D eigenvalue weighted by molar-refractivity contribution is 0.0477. The predicted molar refractivity (Wildman–Crippen MR) is 113 cm³/mol. The minimum absolute atomic E-state index is 0.512. The molecule has 1 fully saturated rings. The molecule has 2 heteroatoms. The van der Waals surface area contributed by atoms with Crippen LogP contribution < -0.4 is 0 Å². The van der Waals surface area contributed by atoms with Gasteiger partial charge in [-0.3, -0.25) is 0 Å². The first kappa shape index (κ1) is 23.0. The van der Waals surface area contributed by atoms with Crippen LogP contribution in [0.15, 0.2) is 0 Å². The van der Waals surface area contributed by atoms with Crippen molar-refractivity contribution in [1.29, 1.82) is 0 Å². The lowest BCUT2D eigenvalue weighted by Gasteiger charge is -2.45. The standard InChI is InChI=1S/C23H48N2/c1-8-13-21(9-2)18-24(12-5)20-23(7)14-16-25(17-15-23)19-22(6,10-3)11-4/h21H,8-20H2,1-7H3. The minimum atomic E-state index is 0.512. The average molecular weight is 353 g/mol. The van der Waals surface area contributed by atoms with Crippen molar-refractivity contribution >= 4 is 0 Å². The van der Waals surface area contributed by atoms with Crippen LogP contribution >= 0.6 is 0 Å². The number of likely N-dealkylation sites (tertiary alicyclic amines) is 1. The zero-order valence-electron chi connectivity index (χ0n) is 18.7. The van der Waals surface area contributed by atoms with E-state index in [0.29, 0.717) is 10.8 Å². The molecule has 0 radical (unpaired) electrons. The Bertz CT molecular complexity index is 340. The number of hydrogen-bond donors (Lipinski definition) is 0.